The Morgan fingerprint density at radius 1 is 1.62 bits per heavy atom. The lowest BCUT2D eigenvalue weighted by Crippen LogP contribution is -2.12. The summed E-state index contributed by atoms with van der Waals surface area (Å²) in [6.07, 6.45) is 0. The van der Waals surface area contributed by atoms with Crippen LogP contribution in [0.5, 0.6) is 0 Å². The lowest BCUT2D eigenvalue weighted by Gasteiger charge is -2.04. The van der Waals surface area contributed by atoms with Gasteiger partial charge in [0.05, 0.1) is 10.9 Å². The van der Waals surface area contributed by atoms with E-state index in [1.54, 1.807) is 6.07 Å². The van der Waals surface area contributed by atoms with Gasteiger partial charge in [0, 0.05) is 3.57 Å². The van der Waals surface area contributed by atoms with Gasteiger partial charge in [-0.15, -0.1) is 11.6 Å². The summed E-state index contributed by atoms with van der Waals surface area (Å²) in [6, 6.07) is 4.37. The summed E-state index contributed by atoms with van der Waals surface area (Å²) >= 11 is 7.59. The highest BCUT2D eigenvalue weighted by Crippen LogP contribution is 2.15. The molecule has 4 heteroatoms. The van der Waals surface area contributed by atoms with Crippen LogP contribution in [0.4, 0.5) is 4.39 Å². The van der Waals surface area contributed by atoms with Gasteiger partial charge in [0.1, 0.15) is 5.82 Å². The highest BCUT2D eigenvalue weighted by atomic mass is 127. The number of carbonyl (C=O) groups excluding carboxylic acids is 1. The summed E-state index contributed by atoms with van der Waals surface area (Å²) in [5.74, 6) is -0.893. The maximum absolute atomic E-state index is 13.1. The van der Waals surface area contributed by atoms with Crippen molar-refractivity contribution in [3.05, 3.63) is 33.1 Å². The van der Waals surface area contributed by atoms with Crippen LogP contribution < -0.4 is 0 Å². The summed E-state index contributed by atoms with van der Waals surface area (Å²) in [6.45, 7) is 1.53. The minimum atomic E-state index is -0.687. The zero-order valence-electron chi connectivity index (χ0n) is 6.85. The third-order valence-corrected chi connectivity index (χ3v) is 2.42. The molecule has 1 aromatic carbocycles. The minimum absolute atomic E-state index is 0.0643. The first-order chi connectivity index (χ1) is 6.02. The number of hydrogen-bond donors (Lipinski definition) is 0. The SMILES string of the molecule is CC(Cl)C(=O)c1cc(I)ccc1F. The Bertz CT molecular complexity index is 338. The van der Waals surface area contributed by atoms with Gasteiger partial charge in [0.2, 0.25) is 0 Å². The number of Topliss-reactive ketones (excluding diaryl/α,β-unsaturated/α-hetero) is 1. The lowest BCUT2D eigenvalue weighted by molar-refractivity contribution is 0.0988. The largest absolute Gasteiger partial charge is 0.292 e. The van der Waals surface area contributed by atoms with E-state index in [2.05, 4.69) is 0 Å². The molecule has 1 rings (SSSR count). The number of halogens is 3. The van der Waals surface area contributed by atoms with Crippen molar-refractivity contribution in [2.24, 2.45) is 0 Å². The monoisotopic (exact) mass is 312 g/mol. The van der Waals surface area contributed by atoms with Crippen molar-refractivity contribution in [2.45, 2.75) is 12.3 Å². The van der Waals surface area contributed by atoms with Gasteiger partial charge in [-0.1, -0.05) is 0 Å². The molecular weight excluding hydrogens is 305 g/mol. The fraction of sp³-hybridized carbons (Fsp3) is 0.222. The van der Waals surface area contributed by atoms with Crippen LogP contribution in [0.3, 0.4) is 0 Å². The molecule has 0 fully saturated rings. The van der Waals surface area contributed by atoms with Crippen LogP contribution in [0.1, 0.15) is 17.3 Å². The van der Waals surface area contributed by atoms with Gasteiger partial charge in [-0.2, -0.15) is 0 Å². The molecule has 0 amide bonds. The van der Waals surface area contributed by atoms with Crippen LogP contribution >= 0.6 is 34.2 Å². The Kier molecular flexibility index (Phi) is 3.67. The normalized spacial score (nSPS) is 12.6. The second-order valence-corrected chi connectivity index (χ2v) is 4.50. The molecule has 13 heavy (non-hydrogen) atoms. The van der Waals surface area contributed by atoms with Crippen molar-refractivity contribution < 1.29 is 9.18 Å². The van der Waals surface area contributed by atoms with E-state index >= 15 is 0 Å². The van der Waals surface area contributed by atoms with Crippen molar-refractivity contribution in [3.8, 4) is 0 Å². The average Bonchev–Trinajstić information content (AvgIpc) is 2.08. The molecule has 0 radical (unpaired) electrons. The Morgan fingerprint density at radius 2 is 2.23 bits per heavy atom. The Hall–Kier alpha value is -0.160. The fourth-order valence-corrected chi connectivity index (χ4v) is 1.51. The summed E-state index contributed by atoms with van der Waals surface area (Å²) in [5.41, 5.74) is 0.0643. The van der Waals surface area contributed by atoms with E-state index in [0.29, 0.717) is 0 Å². The third kappa shape index (κ3) is 2.64. The van der Waals surface area contributed by atoms with E-state index < -0.39 is 11.2 Å². The molecule has 0 heterocycles. The van der Waals surface area contributed by atoms with E-state index in [1.165, 1.54) is 19.1 Å². The minimum Gasteiger partial charge on any atom is -0.292 e. The van der Waals surface area contributed by atoms with Gasteiger partial charge < -0.3 is 0 Å². The van der Waals surface area contributed by atoms with Gasteiger partial charge in [0.25, 0.3) is 0 Å². The molecule has 1 unspecified atom stereocenters. The maximum Gasteiger partial charge on any atom is 0.183 e. The van der Waals surface area contributed by atoms with E-state index in [4.69, 9.17) is 11.6 Å². The molecule has 0 N–H and O–H groups in total. The number of rotatable bonds is 2. The Balaban J connectivity index is 3.13. The highest BCUT2D eigenvalue weighted by Gasteiger charge is 2.16. The van der Waals surface area contributed by atoms with Gasteiger partial charge in [0.15, 0.2) is 5.78 Å². The quantitative estimate of drug-likeness (QED) is 0.465. The first-order valence-corrected chi connectivity index (χ1v) is 5.17. The molecular formula is C9H7ClFIO. The zero-order chi connectivity index (χ0) is 10.0. The standard InChI is InChI=1S/C9H7ClFIO/c1-5(10)9(13)7-4-6(12)2-3-8(7)11/h2-5H,1H3. The molecule has 0 aromatic heterocycles. The number of hydrogen-bond acceptors (Lipinski definition) is 1. The Labute approximate surface area is 94.4 Å². The van der Waals surface area contributed by atoms with Crippen LogP contribution in [-0.2, 0) is 0 Å². The Morgan fingerprint density at radius 3 is 2.77 bits per heavy atom. The van der Waals surface area contributed by atoms with Crippen molar-refractivity contribution in [1.29, 1.82) is 0 Å². The number of alkyl halides is 1. The first-order valence-electron chi connectivity index (χ1n) is 3.65. The van der Waals surface area contributed by atoms with Crippen molar-refractivity contribution in [1.82, 2.24) is 0 Å². The van der Waals surface area contributed by atoms with Gasteiger partial charge in [-0.3, -0.25) is 4.79 Å². The first kappa shape index (κ1) is 10.9. The number of ketones is 1. The van der Waals surface area contributed by atoms with Crippen molar-refractivity contribution in [3.63, 3.8) is 0 Å². The molecule has 0 aliphatic rings. The van der Waals surface area contributed by atoms with Crippen LogP contribution in [-0.4, -0.2) is 11.2 Å². The fourth-order valence-electron chi connectivity index (χ4n) is 0.901. The summed E-state index contributed by atoms with van der Waals surface area (Å²) in [4.78, 5) is 11.3. The van der Waals surface area contributed by atoms with E-state index in [0.717, 1.165) is 3.57 Å². The average molecular weight is 313 g/mol. The predicted molar refractivity (Wildman–Crippen MR) is 58.8 cm³/mol. The maximum atomic E-state index is 13.1. The number of benzene rings is 1. The van der Waals surface area contributed by atoms with Crippen molar-refractivity contribution in [2.75, 3.05) is 0 Å². The highest BCUT2D eigenvalue weighted by molar-refractivity contribution is 14.1. The van der Waals surface area contributed by atoms with Crippen LogP contribution in [0.15, 0.2) is 18.2 Å². The van der Waals surface area contributed by atoms with E-state index in [1.807, 2.05) is 22.6 Å². The zero-order valence-corrected chi connectivity index (χ0v) is 9.76. The summed E-state index contributed by atoms with van der Waals surface area (Å²) in [7, 11) is 0. The lowest BCUT2D eigenvalue weighted by atomic mass is 10.1. The van der Waals surface area contributed by atoms with Crippen LogP contribution in [0, 0.1) is 9.39 Å². The molecule has 0 saturated heterocycles. The predicted octanol–water partition coefficient (Wildman–Crippen LogP) is 3.24. The molecule has 70 valence electrons. The van der Waals surface area contributed by atoms with Crippen molar-refractivity contribution >= 4 is 40.0 Å². The van der Waals surface area contributed by atoms with Gasteiger partial charge in [-0.25, -0.2) is 4.39 Å². The van der Waals surface area contributed by atoms with E-state index in [-0.39, 0.29) is 11.3 Å². The molecule has 0 aliphatic carbocycles. The molecule has 1 atom stereocenters. The molecule has 0 saturated carbocycles. The topological polar surface area (TPSA) is 17.1 Å². The van der Waals surface area contributed by atoms with E-state index in [9.17, 15) is 9.18 Å². The molecule has 0 spiro atoms. The molecule has 1 aromatic rings. The summed E-state index contributed by atoms with van der Waals surface area (Å²) in [5, 5.41) is -0.687. The van der Waals surface area contributed by atoms with Gasteiger partial charge >= 0.3 is 0 Å². The third-order valence-electron chi connectivity index (χ3n) is 1.56. The second-order valence-electron chi connectivity index (χ2n) is 2.60. The smallest absolute Gasteiger partial charge is 0.183 e. The van der Waals surface area contributed by atoms with Crippen LogP contribution in [0.25, 0.3) is 0 Å². The van der Waals surface area contributed by atoms with Gasteiger partial charge in [-0.05, 0) is 47.7 Å². The van der Waals surface area contributed by atoms with Crippen LogP contribution in [0.2, 0.25) is 0 Å². The number of carbonyl (C=O) groups is 1. The second kappa shape index (κ2) is 4.37. The molecule has 0 bridgehead atoms. The molecule has 0 aliphatic heterocycles. The summed E-state index contributed by atoms with van der Waals surface area (Å²) < 4.78 is 13.9. The molecule has 1 nitrogen and oxygen atoms in total.